The number of aromatic nitrogens is 1. The number of nitrogens with zero attached hydrogens (tertiary/aromatic N) is 3. The largest absolute Gasteiger partial charge is 0.494 e. The molecule has 152 valence electrons. The average molecular weight is 401 g/mol. The number of rotatable bonds is 5. The Morgan fingerprint density at radius 3 is 2.67 bits per heavy atom. The van der Waals surface area contributed by atoms with Crippen molar-refractivity contribution in [3.05, 3.63) is 83.7 Å². The van der Waals surface area contributed by atoms with Crippen LogP contribution in [0.25, 0.3) is 0 Å². The number of fused-ring (bicyclic) bond motifs is 3. The third kappa shape index (κ3) is 3.14. The highest BCUT2D eigenvalue weighted by atomic mass is 16.5. The van der Waals surface area contributed by atoms with E-state index in [0.29, 0.717) is 6.61 Å². The Kier molecular flexibility index (Phi) is 4.75. The van der Waals surface area contributed by atoms with Gasteiger partial charge in [0.2, 0.25) is 6.23 Å². The standard InChI is InChI=1S/C24H23N3O3/c1-3-29-17-12-10-16(11-13-17)20-15-21-18-7-6-9-22(28-2)23(18)30-24(27(21)26-20)19-8-4-5-14-25-19/h4-14,21,24H,3,15H2,1-2H3/t21-,24+/m1/s1. The van der Waals surface area contributed by atoms with Gasteiger partial charge in [-0.05, 0) is 55.0 Å². The molecule has 2 aliphatic heterocycles. The van der Waals surface area contributed by atoms with Crippen molar-refractivity contribution >= 4 is 5.71 Å². The van der Waals surface area contributed by atoms with E-state index in [1.165, 1.54) is 0 Å². The lowest BCUT2D eigenvalue weighted by Crippen LogP contribution is -2.34. The predicted molar refractivity (Wildman–Crippen MR) is 114 cm³/mol. The molecule has 0 N–H and O–H groups in total. The summed E-state index contributed by atoms with van der Waals surface area (Å²) in [4.78, 5) is 4.53. The highest BCUT2D eigenvalue weighted by molar-refractivity contribution is 6.02. The fraction of sp³-hybridized carbons (Fsp3) is 0.250. The van der Waals surface area contributed by atoms with Crippen LogP contribution in [0.2, 0.25) is 0 Å². The van der Waals surface area contributed by atoms with Crippen molar-refractivity contribution in [2.75, 3.05) is 13.7 Å². The number of benzene rings is 2. The van der Waals surface area contributed by atoms with Gasteiger partial charge in [-0.1, -0.05) is 18.2 Å². The monoisotopic (exact) mass is 401 g/mol. The van der Waals surface area contributed by atoms with Crippen LogP contribution in [-0.4, -0.2) is 29.4 Å². The van der Waals surface area contributed by atoms with E-state index in [0.717, 1.165) is 46.2 Å². The number of hydrazone groups is 1. The van der Waals surface area contributed by atoms with E-state index in [1.54, 1.807) is 13.3 Å². The first-order valence-corrected chi connectivity index (χ1v) is 10.1. The summed E-state index contributed by atoms with van der Waals surface area (Å²) in [6, 6.07) is 20.0. The Hall–Kier alpha value is -3.54. The molecule has 0 bridgehead atoms. The molecule has 0 aliphatic carbocycles. The molecule has 3 aromatic rings. The molecule has 30 heavy (non-hydrogen) atoms. The van der Waals surface area contributed by atoms with E-state index in [9.17, 15) is 0 Å². The molecule has 5 rings (SSSR count). The van der Waals surface area contributed by atoms with Gasteiger partial charge in [-0.25, -0.2) is 5.01 Å². The summed E-state index contributed by atoms with van der Waals surface area (Å²) < 4.78 is 17.6. The first-order chi connectivity index (χ1) is 14.8. The van der Waals surface area contributed by atoms with Crippen molar-refractivity contribution < 1.29 is 14.2 Å². The minimum Gasteiger partial charge on any atom is -0.494 e. The normalized spacial score (nSPS) is 19.4. The van der Waals surface area contributed by atoms with Crippen LogP contribution in [0.4, 0.5) is 0 Å². The Morgan fingerprint density at radius 2 is 1.93 bits per heavy atom. The molecule has 3 heterocycles. The Morgan fingerprint density at radius 1 is 1.07 bits per heavy atom. The highest BCUT2D eigenvalue weighted by Gasteiger charge is 2.42. The summed E-state index contributed by atoms with van der Waals surface area (Å²) in [5.41, 5.74) is 3.99. The van der Waals surface area contributed by atoms with Crippen molar-refractivity contribution in [3.63, 3.8) is 0 Å². The smallest absolute Gasteiger partial charge is 0.230 e. The molecule has 0 radical (unpaired) electrons. The van der Waals surface area contributed by atoms with Crippen LogP contribution in [0.1, 0.15) is 42.4 Å². The molecule has 0 spiro atoms. The van der Waals surface area contributed by atoms with Crippen molar-refractivity contribution in [2.45, 2.75) is 25.6 Å². The molecule has 6 nitrogen and oxygen atoms in total. The summed E-state index contributed by atoms with van der Waals surface area (Å²) in [7, 11) is 1.66. The molecule has 1 aromatic heterocycles. The highest BCUT2D eigenvalue weighted by Crippen LogP contribution is 2.50. The van der Waals surface area contributed by atoms with E-state index >= 15 is 0 Å². The van der Waals surface area contributed by atoms with Gasteiger partial charge in [0.15, 0.2) is 11.5 Å². The third-order valence-electron chi connectivity index (χ3n) is 5.44. The first kappa shape index (κ1) is 18.5. The number of hydrogen-bond acceptors (Lipinski definition) is 6. The van der Waals surface area contributed by atoms with Gasteiger partial charge < -0.3 is 14.2 Å². The summed E-state index contributed by atoms with van der Waals surface area (Å²) in [5.74, 6) is 2.35. The number of ether oxygens (including phenoxy) is 3. The topological polar surface area (TPSA) is 56.2 Å². The van der Waals surface area contributed by atoms with Gasteiger partial charge in [0.1, 0.15) is 11.4 Å². The Balaban J connectivity index is 1.55. The molecule has 0 fully saturated rings. The minimum atomic E-state index is -0.416. The van der Waals surface area contributed by atoms with Crippen molar-refractivity contribution in [1.82, 2.24) is 9.99 Å². The number of pyridine rings is 1. The predicted octanol–water partition coefficient (Wildman–Crippen LogP) is 4.73. The van der Waals surface area contributed by atoms with Gasteiger partial charge in [-0.2, -0.15) is 5.10 Å². The zero-order valence-electron chi connectivity index (χ0n) is 17.0. The van der Waals surface area contributed by atoms with Crippen molar-refractivity contribution in [1.29, 1.82) is 0 Å². The second kappa shape index (κ2) is 7.71. The van der Waals surface area contributed by atoms with Gasteiger partial charge in [-0.3, -0.25) is 4.98 Å². The molecule has 0 saturated carbocycles. The van der Waals surface area contributed by atoms with E-state index in [4.69, 9.17) is 19.3 Å². The van der Waals surface area contributed by atoms with E-state index < -0.39 is 6.23 Å². The fourth-order valence-electron chi connectivity index (χ4n) is 4.05. The average Bonchev–Trinajstić information content (AvgIpc) is 3.25. The van der Waals surface area contributed by atoms with Crippen molar-refractivity contribution in [2.24, 2.45) is 5.10 Å². The zero-order chi connectivity index (χ0) is 20.5. The van der Waals surface area contributed by atoms with Crippen LogP contribution in [0, 0.1) is 0 Å². The molecule has 2 aromatic carbocycles. The van der Waals surface area contributed by atoms with Gasteiger partial charge in [0.25, 0.3) is 0 Å². The molecule has 6 heteroatoms. The summed E-state index contributed by atoms with van der Waals surface area (Å²) in [5, 5.41) is 7.00. The molecule has 0 amide bonds. The van der Waals surface area contributed by atoms with Gasteiger partial charge in [-0.15, -0.1) is 0 Å². The lowest BCUT2D eigenvalue weighted by Gasteiger charge is -2.38. The third-order valence-corrected chi connectivity index (χ3v) is 5.44. The maximum absolute atomic E-state index is 6.40. The first-order valence-electron chi connectivity index (χ1n) is 10.1. The van der Waals surface area contributed by atoms with Crippen LogP contribution in [0.15, 0.2) is 72.0 Å². The fourth-order valence-corrected chi connectivity index (χ4v) is 4.05. The molecule has 0 saturated heterocycles. The zero-order valence-corrected chi connectivity index (χ0v) is 17.0. The van der Waals surface area contributed by atoms with E-state index in [2.05, 4.69) is 23.2 Å². The van der Waals surface area contributed by atoms with E-state index in [-0.39, 0.29) is 6.04 Å². The van der Waals surface area contributed by atoms with E-state index in [1.807, 2.05) is 54.4 Å². The SMILES string of the molecule is CCOc1ccc(C2=NN3[C@H](C2)c2cccc(OC)c2O[C@H]3c2ccccn2)cc1. The van der Waals surface area contributed by atoms with Gasteiger partial charge >= 0.3 is 0 Å². The quantitative estimate of drug-likeness (QED) is 0.619. The van der Waals surface area contributed by atoms with Crippen molar-refractivity contribution in [3.8, 4) is 17.2 Å². The maximum Gasteiger partial charge on any atom is 0.230 e. The molecule has 0 unspecified atom stereocenters. The number of methoxy groups -OCH3 is 1. The van der Waals surface area contributed by atoms with Gasteiger partial charge in [0.05, 0.1) is 25.5 Å². The second-order valence-electron chi connectivity index (χ2n) is 7.21. The molecule has 2 aliphatic rings. The lowest BCUT2D eigenvalue weighted by molar-refractivity contribution is -0.0236. The molecule has 2 atom stereocenters. The van der Waals surface area contributed by atoms with Crippen LogP contribution < -0.4 is 14.2 Å². The number of para-hydroxylation sites is 1. The van der Waals surface area contributed by atoms with Gasteiger partial charge in [0, 0.05) is 18.2 Å². The minimum absolute atomic E-state index is 0.0532. The van der Waals surface area contributed by atoms with Crippen LogP contribution >= 0.6 is 0 Å². The van der Waals surface area contributed by atoms with Crippen LogP contribution in [0.3, 0.4) is 0 Å². The second-order valence-corrected chi connectivity index (χ2v) is 7.21. The summed E-state index contributed by atoms with van der Waals surface area (Å²) in [6.07, 6.45) is 2.14. The van der Waals surface area contributed by atoms with Crippen LogP contribution in [-0.2, 0) is 0 Å². The maximum atomic E-state index is 6.40. The Bertz CT molecular complexity index is 1070. The molecular weight excluding hydrogens is 378 g/mol. The summed E-state index contributed by atoms with van der Waals surface area (Å²) in [6.45, 7) is 2.63. The Labute approximate surface area is 175 Å². The molecular formula is C24H23N3O3. The van der Waals surface area contributed by atoms with Crippen LogP contribution in [0.5, 0.6) is 17.2 Å². The number of hydrogen-bond donors (Lipinski definition) is 0. The lowest BCUT2D eigenvalue weighted by atomic mass is 9.96. The summed E-state index contributed by atoms with van der Waals surface area (Å²) >= 11 is 0.